The molecule has 6 nitrogen and oxygen atoms in total. The summed E-state index contributed by atoms with van der Waals surface area (Å²) in [6, 6.07) is 7.33. The molecule has 1 atom stereocenters. The van der Waals surface area contributed by atoms with Crippen LogP contribution in [0.4, 0.5) is 0 Å². The summed E-state index contributed by atoms with van der Waals surface area (Å²) in [5, 5.41) is 16.4. The number of benzene rings is 1. The summed E-state index contributed by atoms with van der Waals surface area (Å²) < 4.78 is 11.1. The average molecular weight is 484 g/mol. The molecule has 0 bridgehead atoms. The summed E-state index contributed by atoms with van der Waals surface area (Å²) in [7, 11) is 1.73. The molecule has 3 N–H and O–H groups in total. The Labute approximate surface area is 171 Å². The third-order valence-corrected chi connectivity index (χ3v) is 4.38. The zero-order valence-electron chi connectivity index (χ0n) is 14.5. The van der Waals surface area contributed by atoms with Crippen LogP contribution in [0.3, 0.4) is 0 Å². The van der Waals surface area contributed by atoms with Gasteiger partial charge in [0, 0.05) is 37.2 Å². The maximum atomic E-state index is 9.26. The second-order valence-electron chi connectivity index (χ2n) is 5.93. The molecule has 1 unspecified atom stereocenters. The molecule has 1 saturated heterocycles. The number of ether oxygens (including phenoxy) is 2. The molecule has 25 heavy (non-hydrogen) atoms. The van der Waals surface area contributed by atoms with E-state index in [1.807, 2.05) is 18.2 Å². The predicted octanol–water partition coefficient (Wildman–Crippen LogP) is 2.29. The molecule has 1 fully saturated rings. The summed E-state index contributed by atoms with van der Waals surface area (Å²) in [4.78, 5) is 4.21. The Hall–Kier alpha value is -0.770. The summed E-state index contributed by atoms with van der Waals surface area (Å²) in [5.74, 6) is 1.46. The van der Waals surface area contributed by atoms with Gasteiger partial charge in [0.2, 0.25) is 0 Å². The number of guanidine groups is 1. The van der Waals surface area contributed by atoms with Gasteiger partial charge in [-0.1, -0.05) is 17.7 Å². The lowest BCUT2D eigenvalue weighted by atomic mass is 9.84. The Morgan fingerprint density at radius 3 is 2.92 bits per heavy atom. The zero-order valence-corrected chi connectivity index (χ0v) is 17.5. The Morgan fingerprint density at radius 1 is 1.44 bits per heavy atom. The summed E-state index contributed by atoms with van der Waals surface area (Å²) in [6.45, 7) is 3.45. The molecule has 0 radical (unpaired) electrons. The van der Waals surface area contributed by atoms with Crippen molar-refractivity contribution < 1.29 is 14.6 Å². The highest BCUT2D eigenvalue weighted by Gasteiger charge is 2.34. The summed E-state index contributed by atoms with van der Waals surface area (Å²) >= 11 is 5.92. The van der Waals surface area contributed by atoms with Gasteiger partial charge in [0.05, 0.1) is 13.2 Å². The van der Waals surface area contributed by atoms with Crippen molar-refractivity contribution in [2.75, 3.05) is 46.6 Å². The SMILES string of the molecule is CN=C(NCCOc1cccc(Cl)c1)NCC1(CCO)CCOC1.I. The van der Waals surface area contributed by atoms with Crippen molar-refractivity contribution in [1.29, 1.82) is 0 Å². The van der Waals surface area contributed by atoms with Gasteiger partial charge in [-0.2, -0.15) is 0 Å². The van der Waals surface area contributed by atoms with Gasteiger partial charge in [0.15, 0.2) is 5.96 Å². The Bertz CT molecular complexity index is 540. The van der Waals surface area contributed by atoms with Crippen molar-refractivity contribution in [3.63, 3.8) is 0 Å². The van der Waals surface area contributed by atoms with Crippen molar-refractivity contribution in [3.05, 3.63) is 29.3 Å². The smallest absolute Gasteiger partial charge is 0.191 e. The van der Waals surface area contributed by atoms with Crippen LogP contribution in [-0.4, -0.2) is 57.6 Å². The van der Waals surface area contributed by atoms with Gasteiger partial charge in [-0.15, -0.1) is 24.0 Å². The lowest BCUT2D eigenvalue weighted by molar-refractivity contribution is 0.127. The molecule has 2 rings (SSSR count). The first-order chi connectivity index (χ1) is 11.7. The van der Waals surface area contributed by atoms with Crippen LogP contribution >= 0.6 is 35.6 Å². The van der Waals surface area contributed by atoms with E-state index in [0.717, 1.165) is 31.7 Å². The second kappa shape index (κ2) is 11.8. The van der Waals surface area contributed by atoms with Crippen molar-refractivity contribution in [3.8, 4) is 5.75 Å². The van der Waals surface area contributed by atoms with Gasteiger partial charge in [-0.3, -0.25) is 4.99 Å². The molecule has 1 aromatic rings. The molecule has 0 saturated carbocycles. The quantitative estimate of drug-likeness (QED) is 0.229. The minimum atomic E-state index is -0.0103. The molecule has 0 amide bonds. The van der Waals surface area contributed by atoms with E-state index in [9.17, 15) is 5.11 Å². The Morgan fingerprint density at radius 2 is 2.28 bits per heavy atom. The van der Waals surface area contributed by atoms with Crippen LogP contribution in [-0.2, 0) is 4.74 Å². The molecular formula is C17H27ClIN3O3. The van der Waals surface area contributed by atoms with Crippen LogP contribution < -0.4 is 15.4 Å². The van der Waals surface area contributed by atoms with Gasteiger partial charge < -0.3 is 25.2 Å². The topological polar surface area (TPSA) is 75.1 Å². The van der Waals surface area contributed by atoms with E-state index in [0.29, 0.717) is 30.7 Å². The molecule has 1 heterocycles. The number of hydrogen-bond donors (Lipinski definition) is 3. The largest absolute Gasteiger partial charge is 0.492 e. The molecule has 0 spiro atoms. The van der Waals surface area contributed by atoms with Crippen LogP contribution in [0.15, 0.2) is 29.3 Å². The predicted molar refractivity (Wildman–Crippen MR) is 111 cm³/mol. The van der Waals surface area contributed by atoms with Crippen LogP contribution in [0.1, 0.15) is 12.8 Å². The Kier molecular flexibility index (Phi) is 10.5. The maximum absolute atomic E-state index is 9.26. The molecule has 0 aromatic heterocycles. The van der Waals surface area contributed by atoms with Crippen molar-refractivity contribution >= 4 is 41.5 Å². The molecule has 0 aliphatic carbocycles. The molecule has 1 aliphatic rings. The highest BCUT2D eigenvalue weighted by Crippen LogP contribution is 2.31. The molecule has 8 heteroatoms. The standard InChI is InChI=1S/C17H26ClN3O3.HI/c1-19-16(21-12-17(5-8-22)6-9-23-13-17)20-7-10-24-15-4-2-3-14(18)11-15;/h2-4,11,22H,5-10,12-13H2,1H3,(H2,19,20,21);1H. The highest BCUT2D eigenvalue weighted by molar-refractivity contribution is 14.0. The van der Waals surface area contributed by atoms with Gasteiger partial charge >= 0.3 is 0 Å². The fraction of sp³-hybridized carbons (Fsp3) is 0.588. The first-order valence-electron chi connectivity index (χ1n) is 8.19. The first-order valence-corrected chi connectivity index (χ1v) is 8.57. The van der Waals surface area contributed by atoms with Crippen LogP contribution in [0.25, 0.3) is 0 Å². The van der Waals surface area contributed by atoms with E-state index in [-0.39, 0.29) is 36.0 Å². The number of rotatable bonds is 8. The Balaban J connectivity index is 0.00000312. The molecular weight excluding hydrogens is 457 g/mol. The molecule has 1 aromatic carbocycles. The minimum Gasteiger partial charge on any atom is -0.492 e. The normalized spacial score (nSPS) is 20.0. The number of aliphatic imine (C=N–C) groups is 1. The fourth-order valence-corrected chi connectivity index (χ4v) is 2.88. The number of halogens is 2. The van der Waals surface area contributed by atoms with Gasteiger partial charge in [-0.25, -0.2) is 0 Å². The van der Waals surface area contributed by atoms with E-state index in [1.165, 1.54) is 0 Å². The van der Waals surface area contributed by atoms with E-state index in [1.54, 1.807) is 13.1 Å². The van der Waals surface area contributed by atoms with Gasteiger partial charge in [0.25, 0.3) is 0 Å². The third kappa shape index (κ3) is 7.55. The lowest BCUT2D eigenvalue weighted by Gasteiger charge is -2.27. The third-order valence-electron chi connectivity index (χ3n) is 4.14. The molecule has 1 aliphatic heterocycles. The van der Waals surface area contributed by atoms with E-state index >= 15 is 0 Å². The van der Waals surface area contributed by atoms with E-state index in [4.69, 9.17) is 21.1 Å². The van der Waals surface area contributed by atoms with Crippen LogP contribution in [0.2, 0.25) is 5.02 Å². The maximum Gasteiger partial charge on any atom is 0.191 e. The lowest BCUT2D eigenvalue weighted by Crippen LogP contribution is -2.45. The van der Waals surface area contributed by atoms with Crippen molar-refractivity contribution in [2.45, 2.75) is 12.8 Å². The van der Waals surface area contributed by atoms with Gasteiger partial charge in [-0.05, 0) is 31.0 Å². The second-order valence-corrected chi connectivity index (χ2v) is 6.37. The number of aliphatic hydroxyl groups excluding tert-OH is 1. The minimum absolute atomic E-state index is 0. The fourth-order valence-electron chi connectivity index (χ4n) is 2.70. The average Bonchev–Trinajstić information content (AvgIpc) is 3.03. The molecule has 142 valence electrons. The number of nitrogens with one attached hydrogen (secondary N) is 2. The van der Waals surface area contributed by atoms with E-state index < -0.39 is 0 Å². The number of aliphatic hydroxyl groups is 1. The zero-order chi connectivity index (χ0) is 17.3. The first kappa shape index (κ1) is 22.3. The monoisotopic (exact) mass is 483 g/mol. The number of nitrogens with zero attached hydrogens (tertiary/aromatic N) is 1. The number of hydrogen-bond acceptors (Lipinski definition) is 4. The van der Waals surface area contributed by atoms with E-state index in [2.05, 4.69) is 15.6 Å². The highest BCUT2D eigenvalue weighted by atomic mass is 127. The van der Waals surface area contributed by atoms with Crippen molar-refractivity contribution in [1.82, 2.24) is 10.6 Å². The summed E-state index contributed by atoms with van der Waals surface area (Å²) in [5.41, 5.74) is -0.0103. The van der Waals surface area contributed by atoms with Crippen LogP contribution in [0, 0.1) is 5.41 Å². The van der Waals surface area contributed by atoms with Crippen LogP contribution in [0.5, 0.6) is 5.75 Å². The van der Waals surface area contributed by atoms with Crippen molar-refractivity contribution in [2.24, 2.45) is 10.4 Å². The van der Waals surface area contributed by atoms with Gasteiger partial charge in [0.1, 0.15) is 12.4 Å². The summed E-state index contributed by atoms with van der Waals surface area (Å²) in [6.07, 6.45) is 1.68.